The topological polar surface area (TPSA) is 96.2 Å². The number of nitrogens with two attached hydrogens (primary N) is 1. The molecule has 5 N–H and O–H groups in total. The molecule has 3 amide bonds. The van der Waals surface area contributed by atoms with E-state index in [1.165, 1.54) is 0 Å². The van der Waals surface area contributed by atoms with Gasteiger partial charge < -0.3 is 21.7 Å². The average molecular weight is 299 g/mol. The maximum Gasteiger partial charge on any atom is 0.316 e. The molecule has 1 aliphatic heterocycles. The van der Waals surface area contributed by atoms with Crippen LogP contribution in [0, 0.1) is 5.92 Å². The number of primary amides is 1. The van der Waals surface area contributed by atoms with Crippen LogP contribution in [0.4, 0.5) is 16.2 Å². The highest BCUT2D eigenvalue weighted by atomic mass is 35.5. The molecular formula is C13H19ClN4O2. The molecule has 1 aromatic rings. The fraction of sp³-hybridized carbons (Fsp3) is 0.385. The van der Waals surface area contributed by atoms with Crippen molar-refractivity contribution in [3.63, 3.8) is 0 Å². The molecule has 7 heteroatoms. The maximum atomic E-state index is 11.9. The molecule has 1 aromatic carbocycles. The quantitative estimate of drug-likeness (QED) is 0.679. The number of anilines is 2. The molecular weight excluding hydrogens is 280 g/mol. The van der Waals surface area contributed by atoms with Crippen molar-refractivity contribution < 1.29 is 9.59 Å². The van der Waals surface area contributed by atoms with Gasteiger partial charge in [0, 0.05) is 17.8 Å². The second kappa shape index (κ2) is 7.72. The van der Waals surface area contributed by atoms with E-state index in [1.54, 1.807) is 24.3 Å². The highest BCUT2D eigenvalue weighted by Crippen LogP contribution is 2.17. The molecule has 1 aliphatic rings. The second-order valence-corrected chi connectivity index (χ2v) is 4.68. The summed E-state index contributed by atoms with van der Waals surface area (Å²) >= 11 is 0. The van der Waals surface area contributed by atoms with Crippen molar-refractivity contribution in [1.82, 2.24) is 5.32 Å². The van der Waals surface area contributed by atoms with Gasteiger partial charge in [-0.3, -0.25) is 4.79 Å². The summed E-state index contributed by atoms with van der Waals surface area (Å²) in [5.41, 5.74) is 6.26. The molecule has 0 aliphatic carbocycles. The molecule has 0 radical (unpaired) electrons. The minimum Gasteiger partial charge on any atom is -0.351 e. The largest absolute Gasteiger partial charge is 0.351 e. The number of benzene rings is 1. The standard InChI is InChI=1S/C13H18N4O2.ClH/c14-13(19)17-11-3-1-2-10(7-11)16-12(18)6-9-4-5-15-8-9;/h1-3,7,9,15H,4-6,8H2,(H,16,18)(H3,14,17,19);1H. The Morgan fingerprint density at radius 3 is 2.60 bits per heavy atom. The molecule has 1 fully saturated rings. The fourth-order valence-electron chi connectivity index (χ4n) is 2.18. The second-order valence-electron chi connectivity index (χ2n) is 4.68. The first-order valence-electron chi connectivity index (χ1n) is 6.30. The maximum absolute atomic E-state index is 11.9. The van der Waals surface area contributed by atoms with Crippen LogP contribution < -0.4 is 21.7 Å². The van der Waals surface area contributed by atoms with Crippen molar-refractivity contribution in [1.29, 1.82) is 0 Å². The van der Waals surface area contributed by atoms with Gasteiger partial charge in [-0.15, -0.1) is 12.4 Å². The van der Waals surface area contributed by atoms with Gasteiger partial charge in [0.05, 0.1) is 0 Å². The molecule has 1 heterocycles. The van der Waals surface area contributed by atoms with Crippen LogP contribution in [-0.4, -0.2) is 25.0 Å². The molecule has 1 saturated heterocycles. The van der Waals surface area contributed by atoms with Gasteiger partial charge in [-0.05, 0) is 43.6 Å². The Balaban J connectivity index is 0.00000200. The van der Waals surface area contributed by atoms with Crippen LogP contribution >= 0.6 is 12.4 Å². The number of halogens is 1. The molecule has 1 unspecified atom stereocenters. The zero-order valence-corrected chi connectivity index (χ0v) is 11.8. The van der Waals surface area contributed by atoms with Crippen molar-refractivity contribution in [2.45, 2.75) is 12.8 Å². The van der Waals surface area contributed by atoms with Crippen molar-refractivity contribution in [2.24, 2.45) is 11.7 Å². The van der Waals surface area contributed by atoms with Crippen molar-refractivity contribution in [3.05, 3.63) is 24.3 Å². The normalized spacial score (nSPS) is 17.1. The summed E-state index contributed by atoms with van der Waals surface area (Å²) in [6, 6.07) is 6.28. The Hall–Kier alpha value is -1.79. The molecule has 0 saturated carbocycles. The zero-order chi connectivity index (χ0) is 13.7. The smallest absolute Gasteiger partial charge is 0.316 e. The first kappa shape index (κ1) is 16.3. The van der Waals surface area contributed by atoms with E-state index < -0.39 is 6.03 Å². The predicted molar refractivity (Wildman–Crippen MR) is 81.1 cm³/mol. The van der Waals surface area contributed by atoms with Crippen LogP contribution in [0.1, 0.15) is 12.8 Å². The Kier molecular flexibility index (Phi) is 6.27. The van der Waals surface area contributed by atoms with Crippen LogP contribution in [0.25, 0.3) is 0 Å². The van der Waals surface area contributed by atoms with Crippen molar-refractivity contribution in [3.8, 4) is 0 Å². The van der Waals surface area contributed by atoms with E-state index in [0.717, 1.165) is 19.5 Å². The lowest BCUT2D eigenvalue weighted by atomic mass is 10.0. The number of hydrogen-bond donors (Lipinski definition) is 4. The first-order chi connectivity index (χ1) is 9.13. The van der Waals surface area contributed by atoms with Gasteiger partial charge in [-0.2, -0.15) is 0 Å². The third kappa shape index (κ3) is 5.07. The van der Waals surface area contributed by atoms with E-state index in [2.05, 4.69) is 16.0 Å². The van der Waals surface area contributed by atoms with Gasteiger partial charge in [0.25, 0.3) is 0 Å². The summed E-state index contributed by atoms with van der Waals surface area (Å²) in [6.45, 7) is 1.88. The number of hydrogen-bond acceptors (Lipinski definition) is 3. The molecule has 0 bridgehead atoms. The number of amides is 3. The van der Waals surface area contributed by atoms with E-state index in [-0.39, 0.29) is 18.3 Å². The summed E-state index contributed by atoms with van der Waals surface area (Å²) < 4.78 is 0. The lowest BCUT2D eigenvalue weighted by Gasteiger charge is -2.10. The van der Waals surface area contributed by atoms with Crippen LogP contribution in [0.15, 0.2) is 24.3 Å². The monoisotopic (exact) mass is 298 g/mol. The van der Waals surface area contributed by atoms with E-state index >= 15 is 0 Å². The first-order valence-corrected chi connectivity index (χ1v) is 6.30. The molecule has 20 heavy (non-hydrogen) atoms. The highest BCUT2D eigenvalue weighted by Gasteiger charge is 2.17. The fourth-order valence-corrected chi connectivity index (χ4v) is 2.18. The van der Waals surface area contributed by atoms with Crippen LogP contribution in [0.2, 0.25) is 0 Å². The minimum atomic E-state index is -0.625. The number of nitrogens with one attached hydrogen (secondary N) is 3. The summed E-state index contributed by atoms with van der Waals surface area (Å²) in [5, 5.41) is 8.52. The van der Waals surface area contributed by atoms with Gasteiger partial charge in [0.1, 0.15) is 0 Å². The van der Waals surface area contributed by atoms with Crippen LogP contribution in [0.5, 0.6) is 0 Å². The number of carbonyl (C=O) groups excluding carboxylic acids is 2. The van der Waals surface area contributed by atoms with E-state index in [0.29, 0.717) is 23.7 Å². The van der Waals surface area contributed by atoms with Gasteiger partial charge in [0.15, 0.2) is 0 Å². The number of urea groups is 1. The Labute approximate surface area is 123 Å². The number of carbonyl (C=O) groups is 2. The van der Waals surface area contributed by atoms with E-state index in [4.69, 9.17) is 5.73 Å². The lowest BCUT2D eigenvalue weighted by molar-refractivity contribution is -0.116. The summed E-state index contributed by atoms with van der Waals surface area (Å²) in [4.78, 5) is 22.6. The van der Waals surface area contributed by atoms with Gasteiger partial charge in [-0.25, -0.2) is 4.79 Å². The highest BCUT2D eigenvalue weighted by molar-refractivity contribution is 5.93. The summed E-state index contributed by atoms with van der Waals surface area (Å²) in [5.74, 6) is 0.400. The molecule has 6 nitrogen and oxygen atoms in total. The lowest BCUT2D eigenvalue weighted by Crippen LogP contribution is -2.20. The number of rotatable bonds is 4. The van der Waals surface area contributed by atoms with E-state index in [1.807, 2.05) is 0 Å². The van der Waals surface area contributed by atoms with Crippen molar-refractivity contribution >= 4 is 35.7 Å². The minimum absolute atomic E-state index is 0. The van der Waals surface area contributed by atoms with Crippen LogP contribution in [-0.2, 0) is 4.79 Å². The van der Waals surface area contributed by atoms with Gasteiger partial charge in [-0.1, -0.05) is 6.07 Å². The third-order valence-corrected chi connectivity index (χ3v) is 3.05. The van der Waals surface area contributed by atoms with Gasteiger partial charge >= 0.3 is 6.03 Å². The predicted octanol–water partition coefficient (Wildman–Crippen LogP) is 1.54. The van der Waals surface area contributed by atoms with Crippen molar-refractivity contribution in [2.75, 3.05) is 23.7 Å². The van der Waals surface area contributed by atoms with Crippen LogP contribution in [0.3, 0.4) is 0 Å². The van der Waals surface area contributed by atoms with E-state index in [9.17, 15) is 9.59 Å². The SMILES string of the molecule is Cl.NC(=O)Nc1cccc(NC(=O)CC2CCNC2)c1. The Morgan fingerprint density at radius 2 is 2.00 bits per heavy atom. The summed E-state index contributed by atoms with van der Waals surface area (Å²) in [6.07, 6.45) is 1.55. The van der Waals surface area contributed by atoms with Gasteiger partial charge in [0.2, 0.25) is 5.91 Å². The zero-order valence-electron chi connectivity index (χ0n) is 11.0. The Bertz CT molecular complexity index is 475. The summed E-state index contributed by atoms with van der Waals surface area (Å²) in [7, 11) is 0. The molecule has 1 atom stereocenters. The molecule has 0 aromatic heterocycles. The average Bonchev–Trinajstić information content (AvgIpc) is 2.81. The molecule has 0 spiro atoms. The third-order valence-electron chi connectivity index (χ3n) is 3.05. The molecule has 2 rings (SSSR count). The Morgan fingerprint density at radius 1 is 1.30 bits per heavy atom. The molecule has 110 valence electrons.